The SMILES string of the molecule is Cc1ccc(C2CC3(CCN2)CC(C)(F)C3)cc1. The molecule has 0 bridgehead atoms. The van der Waals surface area contributed by atoms with E-state index in [0.29, 0.717) is 6.04 Å². The van der Waals surface area contributed by atoms with Crippen molar-refractivity contribution in [3.63, 3.8) is 0 Å². The number of halogens is 1. The highest BCUT2D eigenvalue weighted by atomic mass is 19.1. The van der Waals surface area contributed by atoms with Gasteiger partial charge in [0.05, 0.1) is 0 Å². The van der Waals surface area contributed by atoms with Crippen molar-refractivity contribution in [1.82, 2.24) is 5.32 Å². The summed E-state index contributed by atoms with van der Waals surface area (Å²) in [5.74, 6) is 0. The van der Waals surface area contributed by atoms with Gasteiger partial charge in [-0.05, 0) is 57.1 Å². The Morgan fingerprint density at radius 3 is 2.50 bits per heavy atom. The van der Waals surface area contributed by atoms with Crippen LogP contribution in [-0.4, -0.2) is 12.2 Å². The molecule has 1 nitrogen and oxygen atoms in total. The highest BCUT2D eigenvalue weighted by Crippen LogP contribution is 2.58. The van der Waals surface area contributed by atoms with Crippen LogP contribution in [0.4, 0.5) is 4.39 Å². The van der Waals surface area contributed by atoms with Crippen molar-refractivity contribution in [2.45, 2.75) is 51.2 Å². The first kappa shape index (κ1) is 12.2. The second-order valence-electron chi connectivity index (χ2n) is 6.64. The molecule has 1 aromatic carbocycles. The van der Waals surface area contributed by atoms with Gasteiger partial charge in [-0.3, -0.25) is 0 Å². The van der Waals surface area contributed by atoms with E-state index in [1.54, 1.807) is 6.92 Å². The third-order valence-corrected chi connectivity index (χ3v) is 4.65. The second kappa shape index (κ2) is 4.06. The summed E-state index contributed by atoms with van der Waals surface area (Å²) in [7, 11) is 0. The monoisotopic (exact) mass is 247 g/mol. The molecule has 0 amide bonds. The maximum atomic E-state index is 13.8. The smallest absolute Gasteiger partial charge is 0.109 e. The first-order valence-electron chi connectivity index (χ1n) is 6.97. The maximum Gasteiger partial charge on any atom is 0.109 e. The van der Waals surface area contributed by atoms with Crippen LogP contribution in [0.15, 0.2) is 24.3 Å². The lowest BCUT2D eigenvalue weighted by atomic mass is 9.55. The summed E-state index contributed by atoms with van der Waals surface area (Å²) in [4.78, 5) is 0. The van der Waals surface area contributed by atoms with Gasteiger partial charge in [-0.25, -0.2) is 4.39 Å². The van der Waals surface area contributed by atoms with Crippen molar-refractivity contribution < 1.29 is 4.39 Å². The average molecular weight is 247 g/mol. The van der Waals surface area contributed by atoms with Gasteiger partial charge < -0.3 is 5.32 Å². The lowest BCUT2D eigenvalue weighted by molar-refractivity contribution is -0.0804. The number of hydrogen-bond donors (Lipinski definition) is 1. The van der Waals surface area contributed by atoms with E-state index in [1.807, 2.05) is 0 Å². The van der Waals surface area contributed by atoms with Crippen molar-refractivity contribution in [1.29, 1.82) is 0 Å². The van der Waals surface area contributed by atoms with Gasteiger partial charge in [-0.1, -0.05) is 29.8 Å². The lowest BCUT2D eigenvalue weighted by Gasteiger charge is -2.54. The number of hydrogen-bond acceptors (Lipinski definition) is 1. The molecule has 1 atom stereocenters. The molecular weight excluding hydrogens is 225 g/mol. The van der Waals surface area contributed by atoms with Crippen molar-refractivity contribution in [3.05, 3.63) is 35.4 Å². The highest BCUT2D eigenvalue weighted by Gasteiger charge is 2.53. The van der Waals surface area contributed by atoms with E-state index >= 15 is 0 Å². The zero-order valence-electron chi connectivity index (χ0n) is 11.3. The summed E-state index contributed by atoms with van der Waals surface area (Å²) >= 11 is 0. The molecule has 1 heterocycles. The second-order valence-corrected chi connectivity index (χ2v) is 6.64. The topological polar surface area (TPSA) is 12.0 Å². The Labute approximate surface area is 109 Å². The first-order valence-corrected chi connectivity index (χ1v) is 6.97. The fourth-order valence-electron chi connectivity index (χ4n) is 3.99. The average Bonchev–Trinajstić information content (AvgIpc) is 2.27. The first-order chi connectivity index (χ1) is 8.48. The van der Waals surface area contributed by atoms with Crippen LogP contribution >= 0.6 is 0 Å². The molecule has 0 aromatic heterocycles. The van der Waals surface area contributed by atoms with Gasteiger partial charge in [0.15, 0.2) is 0 Å². The van der Waals surface area contributed by atoms with Gasteiger partial charge in [-0.2, -0.15) is 0 Å². The van der Waals surface area contributed by atoms with Crippen molar-refractivity contribution in [2.75, 3.05) is 6.54 Å². The number of aryl methyl sites for hydroxylation is 1. The molecule has 1 N–H and O–H groups in total. The summed E-state index contributed by atoms with van der Waals surface area (Å²) in [5.41, 5.74) is 2.01. The molecule has 2 aliphatic rings. The van der Waals surface area contributed by atoms with E-state index in [-0.39, 0.29) is 5.41 Å². The number of nitrogens with one attached hydrogen (secondary N) is 1. The predicted octanol–water partition coefficient (Wildman–Crippen LogP) is 3.93. The molecule has 1 aliphatic heterocycles. The summed E-state index contributed by atoms with van der Waals surface area (Å²) in [6, 6.07) is 9.16. The molecule has 2 fully saturated rings. The molecular formula is C16H22FN. The van der Waals surface area contributed by atoms with E-state index in [2.05, 4.69) is 36.5 Å². The molecule has 18 heavy (non-hydrogen) atoms. The number of benzene rings is 1. The van der Waals surface area contributed by atoms with Crippen LogP contribution in [0.5, 0.6) is 0 Å². The third kappa shape index (κ3) is 2.18. The third-order valence-electron chi connectivity index (χ3n) is 4.65. The minimum Gasteiger partial charge on any atom is -0.310 e. The van der Waals surface area contributed by atoms with E-state index in [0.717, 1.165) is 32.2 Å². The summed E-state index contributed by atoms with van der Waals surface area (Å²) in [6.45, 7) is 4.88. The van der Waals surface area contributed by atoms with E-state index < -0.39 is 5.67 Å². The van der Waals surface area contributed by atoms with Crippen LogP contribution in [0.3, 0.4) is 0 Å². The molecule has 1 spiro atoms. The van der Waals surface area contributed by atoms with Crippen LogP contribution < -0.4 is 5.32 Å². The van der Waals surface area contributed by atoms with Crippen LogP contribution in [-0.2, 0) is 0 Å². The van der Waals surface area contributed by atoms with Gasteiger partial charge in [0.1, 0.15) is 5.67 Å². The number of alkyl halides is 1. The van der Waals surface area contributed by atoms with E-state index in [4.69, 9.17) is 0 Å². The molecule has 1 aliphatic carbocycles. The summed E-state index contributed by atoms with van der Waals surface area (Å²) in [6.07, 6.45) is 3.73. The Kier molecular flexibility index (Phi) is 2.74. The van der Waals surface area contributed by atoms with Gasteiger partial charge >= 0.3 is 0 Å². The standard InChI is InChI=1S/C16H22FN/c1-12-3-5-13(6-4-12)14-9-16(7-8-18-14)10-15(2,17)11-16/h3-6,14,18H,7-11H2,1-2H3. The molecule has 98 valence electrons. The van der Waals surface area contributed by atoms with Gasteiger partial charge in [0, 0.05) is 6.04 Å². The Bertz CT molecular complexity index is 427. The Morgan fingerprint density at radius 1 is 1.22 bits per heavy atom. The molecule has 1 saturated heterocycles. The zero-order chi connectivity index (χ0) is 12.8. The fraction of sp³-hybridized carbons (Fsp3) is 0.625. The quantitative estimate of drug-likeness (QED) is 0.793. The van der Waals surface area contributed by atoms with Crippen LogP contribution in [0.1, 0.15) is 49.8 Å². The van der Waals surface area contributed by atoms with Crippen LogP contribution in [0.25, 0.3) is 0 Å². The van der Waals surface area contributed by atoms with Crippen LogP contribution in [0.2, 0.25) is 0 Å². The van der Waals surface area contributed by atoms with Gasteiger partial charge in [0.2, 0.25) is 0 Å². The fourth-order valence-corrected chi connectivity index (χ4v) is 3.99. The molecule has 1 aromatic rings. The predicted molar refractivity (Wildman–Crippen MR) is 72.3 cm³/mol. The molecule has 2 heteroatoms. The Morgan fingerprint density at radius 2 is 1.89 bits per heavy atom. The Balaban J connectivity index is 1.73. The zero-order valence-corrected chi connectivity index (χ0v) is 11.3. The van der Waals surface area contributed by atoms with Crippen molar-refractivity contribution >= 4 is 0 Å². The molecule has 3 rings (SSSR count). The summed E-state index contributed by atoms with van der Waals surface area (Å²) < 4.78 is 13.8. The van der Waals surface area contributed by atoms with Crippen LogP contribution in [0, 0.1) is 12.3 Å². The minimum atomic E-state index is -0.908. The number of rotatable bonds is 1. The van der Waals surface area contributed by atoms with E-state index in [1.165, 1.54) is 11.1 Å². The van der Waals surface area contributed by atoms with Crippen molar-refractivity contribution in [2.24, 2.45) is 5.41 Å². The normalized spacial score (nSPS) is 39.6. The molecule has 0 radical (unpaired) electrons. The highest BCUT2D eigenvalue weighted by molar-refractivity contribution is 5.25. The minimum absolute atomic E-state index is 0.268. The lowest BCUT2D eigenvalue weighted by Crippen LogP contribution is -2.52. The molecule has 1 saturated carbocycles. The van der Waals surface area contributed by atoms with Gasteiger partial charge in [-0.15, -0.1) is 0 Å². The largest absolute Gasteiger partial charge is 0.310 e. The maximum absolute atomic E-state index is 13.8. The van der Waals surface area contributed by atoms with Crippen molar-refractivity contribution in [3.8, 4) is 0 Å². The summed E-state index contributed by atoms with van der Waals surface area (Å²) in [5, 5.41) is 3.58. The van der Waals surface area contributed by atoms with E-state index in [9.17, 15) is 4.39 Å². The van der Waals surface area contributed by atoms with Gasteiger partial charge in [0.25, 0.3) is 0 Å². The molecule has 1 unspecified atom stereocenters. The number of piperidine rings is 1. The Hall–Kier alpha value is -0.890.